The lowest BCUT2D eigenvalue weighted by Crippen LogP contribution is -2.52. The van der Waals surface area contributed by atoms with Gasteiger partial charge in [0, 0.05) is 45.0 Å². The van der Waals surface area contributed by atoms with Crippen LogP contribution < -0.4 is 10.2 Å². The molecule has 1 fully saturated rings. The summed E-state index contributed by atoms with van der Waals surface area (Å²) in [4.78, 5) is 9.27. The predicted molar refractivity (Wildman–Crippen MR) is 116 cm³/mol. The van der Waals surface area contributed by atoms with Gasteiger partial charge in [0.2, 0.25) is 0 Å². The number of hydrogen-bond donors (Lipinski definition) is 1. The largest absolute Gasteiger partial charge is 0.368 e. The van der Waals surface area contributed by atoms with Crippen LogP contribution in [-0.4, -0.2) is 58.3 Å². The molecule has 0 radical (unpaired) electrons. The van der Waals surface area contributed by atoms with E-state index in [9.17, 15) is 4.39 Å². The van der Waals surface area contributed by atoms with E-state index in [1.807, 2.05) is 16.7 Å². The second-order valence-corrected chi connectivity index (χ2v) is 6.15. The molecule has 27 heavy (non-hydrogen) atoms. The molecule has 0 bridgehead atoms. The molecule has 148 valence electrons. The zero-order chi connectivity index (χ0) is 18.4. The van der Waals surface area contributed by atoms with Crippen LogP contribution in [0.2, 0.25) is 0 Å². The maximum atomic E-state index is 13.1. The fraction of sp³-hybridized carbons (Fsp3) is 0.500. The second-order valence-electron chi connectivity index (χ2n) is 6.15. The van der Waals surface area contributed by atoms with Crippen LogP contribution in [0.25, 0.3) is 0 Å². The lowest BCUT2D eigenvalue weighted by molar-refractivity contribution is 0.372. The van der Waals surface area contributed by atoms with Crippen LogP contribution in [-0.2, 0) is 13.1 Å². The lowest BCUT2D eigenvalue weighted by Gasteiger charge is -2.37. The molecular weight excluding hydrogens is 460 g/mol. The van der Waals surface area contributed by atoms with Crippen molar-refractivity contribution in [2.24, 2.45) is 4.99 Å². The standard InChI is InChI=1S/C18H26FN7.HI/c1-3-20-18(21-13-17-23-22-14-24(17)4-2)26-11-9-25(10-12-26)16-7-5-15(19)6-8-16;/h5-8,14H,3-4,9-13H2,1-2H3,(H,20,21);1H. The molecule has 1 aliphatic rings. The van der Waals surface area contributed by atoms with Crippen molar-refractivity contribution in [3.05, 3.63) is 42.2 Å². The van der Waals surface area contributed by atoms with E-state index in [0.717, 1.165) is 56.7 Å². The van der Waals surface area contributed by atoms with Crippen molar-refractivity contribution in [1.82, 2.24) is 25.0 Å². The number of halogens is 2. The third-order valence-corrected chi connectivity index (χ3v) is 4.51. The fourth-order valence-corrected chi connectivity index (χ4v) is 3.07. The third kappa shape index (κ3) is 5.53. The Labute approximate surface area is 176 Å². The van der Waals surface area contributed by atoms with Gasteiger partial charge in [0.1, 0.15) is 18.7 Å². The van der Waals surface area contributed by atoms with Crippen molar-refractivity contribution in [2.75, 3.05) is 37.6 Å². The minimum absolute atomic E-state index is 0. The molecule has 2 aromatic rings. The molecule has 0 amide bonds. The van der Waals surface area contributed by atoms with Crippen LogP contribution in [0, 0.1) is 5.82 Å². The summed E-state index contributed by atoms with van der Waals surface area (Å²) in [7, 11) is 0. The smallest absolute Gasteiger partial charge is 0.194 e. The quantitative estimate of drug-likeness (QED) is 0.399. The molecule has 9 heteroatoms. The molecule has 1 N–H and O–H groups in total. The predicted octanol–water partition coefficient (Wildman–Crippen LogP) is 2.34. The molecule has 0 spiro atoms. The van der Waals surface area contributed by atoms with Crippen LogP contribution in [0.4, 0.5) is 10.1 Å². The zero-order valence-electron chi connectivity index (χ0n) is 15.8. The highest BCUT2D eigenvalue weighted by molar-refractivity contribution is 14.0. The highest BCUT2D eigenvalue weighted by Gasteiger charge is 2.20. The van der Waals surface area contributed by atoms with Gasteiger partial charge >= 0.3 is 0 Å². The number of nitrogens with zero attached hydrogens (tertiary/aromatic N) is 6. The van der Waals surface area contributed by atoms with E-state index in [1.165, 1.54) is 12.1 Å². The highest BCUT2D eigenvalue weighted by atomic mass is 127. The monoisotopic (exact) mass is 487 g/mol. The molecule has 0 unspecified atom stereocenters. The molecular formula is C18H27FIN7. The molecule has 1 saturated heterocycles. The molecule has 1 aromatic heterocycles. The van der Waals surface area contributed by atoms with Gasteiger partial charge in [0.25, 0.3) is 0 Å². The van der Waals surface area contributed by atoms with Gasteiger partial charge in [-0.25, -0.2) is 9.38 Å². The summed E-state index contributed by atoms with van der Waals surface area (Å²) in [5.74, 6) is 1.57. The molecule has 0 saturated carbocycles. The van der Waals surface area contributed by atoms with Crippen molar-refractivity contribution in [3.63, 3.8) is 0 Å². The SMILES string of the molecule is CCNC(=NCc1nncn1CC)N1CCN(c2ccc(F)cc2)CC1.I. The minimum atomic E-state index is -0.200. The number of piperazine rings is 1. The Bertz CT molecular complexity index is 724. The van der Waals surface area contributed by atoms with Gasteiger partial charge in [-0.3, -0.25) is 0 Å². The molecule has 2 heterocycles. The van der Waals surface area contributed by atoms with Crippen molar-refractivity contribution >= 4 is 35.6 Å². The van der Waals surface area contributed by atoms with Crippen LogP contribution >= 0.6 is 24.0 Å². The Morgan fingerprint density at radius 2 is 1.85 bits per heavy atom. The molecule has 1 aliphatic heterocycles. The summed E-state index contributed by atoms with van der Waals surface area (Å²) in [5.41, 5.74) is 1.06. The van der Waals surface area contributed by atoms with Gasteiger partial charge in [-0.05, 0) is 38.1 Å². The van der Waals surface area contributed by atoms with Gasteiger partial charge < -0.3 is 19.7 Å². The maximum Gasteiger partial charge on any atom is 0.194 e. The van der Waals surface area contributed by atoms with E-state index in [-0.39, 0.29) is 29.8 Å². The second kappa shape index (κ2) is 10.4. The summed E-state index contributed by atoms with van der Waals surface area (Å²) in [5, 5.41) is 11.5. The number of aryl methyl sites for hydroxylation is 1. The lowest BCUT2D eigenvalue weighted by atomic mass is 10.2. The van der Waals surface area contributed by atoms with Crippen molar-refractivity contribution in [2.45, 2.75) is 26.9 Å². The van der Waals surface area contributed by atoms with E-state index in [2.05, 4.69) is 39.2 Å². The average Bonchev–Trinajstić information content (AvgIpc) is 3.13. The number of aliphatic imine (C=N–C) groups is 1. The van der Waals surface area contributed by atoms with Crippen LogP contribution in [0.3, 0.4) is 0 Å². The van der Waals surface area contributed by atoms with Gasteiger partial charge in [0.05, 0.1) is 0 Å². The van der Waals surface area contributed by atoms with E-state index in [0.29, 0.717) is 6.54 Å². The number of anilines is 1. The van der Waals surface area contributed by atoms with Gasteiger partial charge in [-0.1, -0.05) is 0 Å². The number of rotatable bonds is 5. The van der Waals surface area contributed by atoms with Crippen molar-refractivity contribution in [1.29, 1.82) is 0 Å². The summed E-state index contributed by atoms with van der Waals surface area (Å²) >= 11 is 0. The first-order valence-corrected chi connectivity index (χ1v) is 9.11. The normalized spacial score (nSPS) is 14.9. The molecule has 7 nitrogen and oxygen atoms in total. The average molecular weight is 487 g/mol. The van der Waals surface area contributed by atoms with Crippen LogP contribution in [0.1, 0.15) is 19.7 Å². The Hall–Kier alpha value is -1.91. The topological polar surface area (TPSA) is 61.6 Å². The number of hydrogen-bond acceptors (Lipinski definition) is 4. The van der Waals surface area contributed by atoms with Crippen LogP contribution in [0.15, 0.2) is 35.6 Å². The summed E-state index contributed by atoms with van der Waals surface area (Å²) in [6.45, 7) is 9.78. The van der Waals surface area contributed by atoms with Crippen LogP contribution in [0.5, 0.6) is 0 Å². The van der Waals surface area contributed by atoms with Gasteiger partial charge in [-0.15, -0.1) is 34.2 Å². The number of aromatic nitrogens is 3. The van der Waals surface area contributed by atoms with E-state index in [1.54, 1.807) is 6.33 Å². The number of nitrogens with one attached hydrogen (secondary N) is 1. The first-order chi connectivity index (χ1) is 12.7. The summed E-state index contributed by atoms with van der Waals surface area (Å²) in [6, 6.07) is 6.69. The van der Waals surface area contributed by atoms with Crippen molar-refractivity contribution < 1.29 is 4.39 Å². The fourth-order valence-electron chi connectivity index (χ4n) is 3.07. The first-order valence-electron chi connectivity index (χ1n) is 9.11. The van der Waals surface area contributed by atoms with E-state index >= 15 is 0 Å². The van der Waals surface area contributed by atoms with Gasteiger partial charge in [-0.2, -0.15) is 0 Å². The molecule has 3 rings (SSSR count). The number of guanidine groups is 1. The third-order valence-electron chi connectivity index (χ3n) is 4.51. The summed E-state index contributed by atoms with van der Waals surface area (Å²) in [6.07, 6.45) is 1.74. The molecule has 0 atom stereocenters. The molecule has 0 aliphatic carbocycles. The minimum Gasteiger partial charge on any atom is -0.368 e. The summed E-state index contributed by atoms with van der Waals surface area (Å²) < 4.78 is 15.1. The Morgan fingerprint density at radius 1 is 1.15 bits per heavy atom. The van der Waals surface area contributed by atoms with E-state index < -0.39 is 0 Å². The first kappa shape index (κ1) is 21.4. The Kier molecular flexibility index (Phi) is 8.26. The Morgan fingerprint density at radius 3 is 2.48 bits per heavy atom. The van der Waals surface area contributed by atoms with Gasteiger partial charge in [0.15, 0.2) is 11.8 Å². The maximum absolute atomic E-state index is 13.1. The molecule has 1 aromatic carbocycles. The van der Waals surface area contributed by atoms with Crippen molar-refractivity contribution in [3.8, 4) is 0 Å². The van der Waals surface area contributed by atoms with E-state index in [4.69, 9.17) is 4.99 Å². The zero-order valence-corrected chi connectivity index (χ0v) is 18.1. The number of benzene rings is 1. The highest BCUT2D eigenvalue weighted by Crippen LogP contribution is 2.17. The Balaban J connectivity index is 0.00000261.